The molecule has 2 aromatic carbocycles. The molecule has 0 radical (unpaired) electrons. The number of carbonyl (C=O) groups is 3. The summed E-state index contributed by atoms with van der Waals surface area (Å²) >= 11 is 6.67. The number of aliphatic hydroxyl groups excluding tert-OH is 1. The van der Waals surface area contributed by atoms with Gasteiger partial charge in [0.1, 0.15) is 23.2 Å². The fourth-order valence-corrected chi connectivity index (χ4v) is 7.83. The van der Waals surface area contributed by atoms with Crippen molar-refractivity contribution in [1.29, 1.82) is 0 Å². The molecule has 0 bridgehead atoms. The number of cyclic esters (lactones) is 1. The minimum atomic E-state index is -1.49. The van der Waals surface area contributed by atoms with Gasteiger partial charge in [-0.1, -0.05) is 85.3 Å². The lowest BCUT2D eigenvalue weighted by Gasteiger charge is -2.41. The number of ether oxygens (including phenoxy) is 2. The highest BCUT2D eigenvalue weighted by atomic mass is 35.5. The number of nitrogens with zero attached hydrogens (tertiary/aromatic N) is 2. The van der Waals surface area contributed by atoms with E-state index in [9.17, 15) is 19.5 Å². The van der Waals surface area contributed by atoms with Crippen LogP contribution in [-0.4, -0.2) is 64.8 Å². The number of rotatable bonds is 5. The first-order valence-corrected chi connectivity index (χ1v) is 15.4. The molecule has 4 heterocycles. The number of amides is 2. The molecule has 2 aromatic rings. The lowest BCUT2D eigenvalue weighted by molar-refractivity contribution is -0.161. The fourth-order valence-electron chi connectivity index (χ4n) is 7.51. The molecule has 9 heteroatoms. The molecule has 6 atom stereocenters. The van der Waals surface area contributed by atoms with E-state index in [-0.39, 0.29) is 13.2 Å². The average Bonchev–Trinajstić information content (AvgIpc) is 3.36. The van der Waals surface area contributed by atoms with Gasteiger partial charge < -0.3 is 24.4 Å². The van der Waals surface area contributed by atoms with Crippen molar-refractivity contribution in [3.05, 3.63) is 89.0 Å². The SMILES string of the molecule is CC[C@]12/C=C\CCCCOC(=O)[C@H]1[C@H]1C(=O)N([C@H](CO)c3ccccc3)C3C(=O)N(c4c(C)cccc4Cl)CC=C[C@@]31O2. The standard InChI is InChI=1S/C34H37ClN2O6/c1-3-33-17-9-4-5-10-20-42-32(41)27(33)26-30(39)37(25(21-38)23-14-7-6-8-15-23)29-31(40)36(19-12-18-34(26,29)43-33)28-22(2)13-11-16-24(28)35/h6-9,11-18,25-27,29,38H,3-5,10,19-21H2,1-2H3/b17-9-/t25-,26+,27-,29?,33+,34+/m1/s1. The van der Waals surface area contributed by atoms with Crippen LogP contribution in [0.5, 0.6) is 0 Å². The zero-order valence-corrected chi connectivity index (χ0v) is 25.2. The van der Waals surface area contributed by atoms with Crippen LogP contribution in [0, 0.1) is 18.8 Å². The molecule has 4 aliphatic heterocycles. The maximum atomic E-state index is 14.9. The molecule has 2 fully saturated rings. The van der Waals surface area contributed by atoms with Gasteiger partial charge >= 0.3 is 5.97 Å². The number of hydrogen-bond acceptors (Lipinski definition) is 6. The second-order valence-electron chi connectivity index (χ2n) is 11.8. The molecule has 0 aliphatic carbocycles. The van der Waals surface area contributed by atoms with E-state index < -0.39 is 59.5 Å². The summed E-state index contributed by atoms with van der Waals surface area (Å²) < 4.78 is 12.8. The summed E-state index contributed by atoms with van der Waals surface area (Å²) in [6.45, 7) is 3.82. The zero-order chi connectivity index (χ0) is 30.4. The smallest absolute Gasteiger partial charge is 0.313 e. The van der Waals surface area contributed by atoms with Gasteiger partial charge in [0.2, 0.25) is 5.91 Å². The number of benzene rings is 2. The molecule has 6 rings (SSSR count). The van der Waals surface area contributed by atoms with Gasteiger partial charge in [0.05, 0.1) is 35.9 Å². The first-order valence-electron chi connectivity index (χ1n) is 15.1. The van der Waals surface area contributed by atoms with E-state index >= 15 is 0 Å². The molecular formula is C34H37ClN2O6. The minimum Gasteiger partial charge on any atom is -0.465 e. The fraction of sp³-hybridized carbons (Fsp3) is 0.441. The third-order valence-electron chi connectivity index (χ3n) is 9.47. The molecule has 0 aromatic heterocycles. The molecule has 226 valence electrons. The first kappa shape index (κ1) is 29.6. The number of hydrogen-bond donors (Lipinski definition) is 1. The van der Waals surface area contributed by atoms with Crippen molar-refractivity contribution in [3.63, 3.8) is 0 Å². The summed E-state index contributed by atoms with van der Waals surface area (Å²) in [4.78, 5) is 46.7. The highest BCUT2D eigenvalue weighted by molar-refractivity contribution is 6.34. The molecule has 43 heavy (non-hydrogen) atoms. The third-order valence-corrected chi connectivity index (χ3v) is 9.78. The normalized spacial score (nSPS) is 32.0. The van der Waals surface area contributed by atoms with Crippen LogP contribution in [0.25, 0.3) is 0 Å². The number of halogens is 1. The van der Waals surface area contributed by atoms with Gasteiger partial charge in [0, 0.05) is 6.54 Å². The van der Waals surface area contributed by atoms with E-state index in [2.05, 4.69) is 0 Å². The van der Waals surface area contributed by atoms with Crippen molar-refractivity contribution >= 4 is 35.1 Å². The molecule has 2 amide bonds. The third kappa shape index (κ3) is 4.62. The van der Waals surface area contributed by atoms with Crippen LogP contribution in [0.4, 0.5) is 5.69 Å². The summed E-state index contributed by atoms with van der Waals surface area (Å²) in [5, 5.41) is 11.2. The van der Waals surface area contributed by atoms with Crippen molar-refractivity contribution < 1.29 is 29.0 Å². The number of esters is 1. The lowest BCUT2D eigenvalue weighted by Crippen LogP contribution is -2.57. The summed E-state index contributed by atoms with van der Waals surface area (Å²) in [6, 6.07) is 12.5. The second-order valence-corrected chi connectivity index (χ2v) is 12.2. The van der Waals surface area contributed by atoms with Crippen LogP contribution in [0.2, 0.25) is 5.02 Å². The van der Waals surface area contributed by atoms with Crippen LogP contribution in [0.1, 0.15) is 49.8 Å². The van der Waals surface area contributed by atoms with Crippen LogP contribution in [0.3, 0.4) is 0 Å². The molecule has 1 unspecified atom stereocenters. The zero-order valence-electron chi connectivity index (χ0n) is 24.4. The summed E-state index contributed by atoms with van der Waals surface area (Å²) in [5.74, 6) is -3.34. The Morgan fingerprint density at radius 3 is 2.51 bits per heavy atom. The number of likely N-dealkylation sites (tertiary alicyclic amines) is 1. The van der Waals surface area contributed by atoms with Crippen LogP contribution in [0.15, 0.2) is 72.8 Å². The Kier molecular flexibility index (Phi) is 7.96. The van der Waals surface area contributed by atoms with Gasteiger partial charge in [0.15, 0.2) is 0 Å². The number of allylic oxidation sites excluding steroid dienone is 1. The predicted molar refractivity (Wildman–Crippen MR) is 162 cm³/mol. The molecule has 8 nitrogen and oxygen atoms in total. The number of aliphatic hydroxyl groups is 1. The maximum Gasteiger partial charge on any atom is 0.313 e. The van der Waals surface area contributed by atoms with Gasteiger partial charge in [0.25, 0.3) is 5.91 Å². The highest BCUT2D eigenvalue weighted by Crippen LogP contribution is 2.59. The van der Waals surface area contributed by atoms with Crippen molar-refractivity contribution in [2.75, 3.05) is 24.7 Å². The number of fused-ring (bicyclic) bond motifs is 2. The Hall–Kier alpha value is -3.46. The Bertz CT molecular complexity index is 1460. The molecule has 1 N–H and O–H groups in total. The van der Waals surface area contributed by atoms with E-state index in [1.54, 1.807) is 17.0 Å². The van der Waals surface area contributed by atoms with E-state index in [4.69, 9.17) is 21.1 Å². The van der Waals surface area contributed by atoms with Crippen LogP contribution < -0.4 is 4.90 Å². The van der Waals surface area contributed by atoms with Crippen molar-refractivity contribution in [1.82, 2.24) is 4.90 Å². The van der Waals surface area contributed by atoms with E-state index in [1.165, 1.54) is 4.90 Å². The van der Waals surface area contributed by atoms with Crippen LogP contribution in [-0.2, 0) is 23.9 Å². The average molecular weight is 605 g/mol. The summed E-state index contributed by atoms with van der Waals surface area (Å²) in [7, 11) is 0. The van der Waals surface area contributed by atoms with E-state index in [0.717, 1.165) is 18.4 Å². The number of carbonyl (C=O) groups excluding carboxylic acids is 3. The van der Waals surface area contributed by atoms with Crippen molar-refractivity contribution in [2.45, 2.75) is 62.8 Å². The Labute approximate surface area is 256 Å². The van der Waals surface area contributed by atoms with Crippen molar-refractivity contribution in [2.24, 2.45) is 11.8 Å². The Balaban J connectivity index is 1.57. The largest absolute Gasteiger partial charge is 0.465 e. The quantitative estimate of drug-likeness (QED) is 0.384. The van der Waals surface area contributed by atoms with Gasteiger partial charge in [-0.15, -0.1) is 0 Å². The highest BCUT2D eigenvalue weighted by Gasteiger charge is 2.76. The van der Waals surface area contributed by atoms with E-state index in [0.29, 0.717) is 29.1 Å². The maximum absolute atomic E-state index is 14.9. The summed E-state index contributed by atoms with van der Waals surface area (Å²) in [5.41, 5.74) is -0.616. The van der Waals surface area contributed by atoms with Crippen molar-refractivity contribution in [3.8, 4) is 0 Å². The number of para-hydroxylation sites is 1. The van der Waals surface area contributed by atoms with Gasteiger partial charge in [-0.3, -0.25) is 14.4 Å². The van der Waals surface area contributed by atoms with Gasteiger partial charge in [-0.25, -0.2) is 0 Å². The van der Waals surface area contributed by atoms with E-state index in [1.807, 2.05) is 74.5 Å². The molecular weight excluding hydrogens is 568 g/mol. The molecule has 0 saturated carbocycles. The molecule has 2 saturated heterocycles. The first-order chi connectivity index (χ1) is 20.8. The van der Waals surface area contributed by atoms with Gasteiger partial charge in [-0.2, -0.15) is 0 Å². The molecule has 4 aliphatic rings. The summed E-state index contributed by atoms with van der Waals surface area (Å²) in [6.07, 6.45) is 10.3. The number of aryl methyl sites for hydroxylation is 1. The lowest BCUT2D eigenvalue weighted by atomic mass is 9.73. The Morgan fingerprint density at radius 2 is 1.79 bits per heavy atom. The Morgan fingerprint density at radius 1 is 1.00 bits per heavy atom. The number of anilines is 1. The monoisotopic (exact) mass is 604 g/mol. The molecule has 1 spiro atoms. The predicted octanol–water partition coefficient (Wildman–Crippen LogP) is 4.93. The topological polar surface area (TPSA) is 96.4 Å². The van der Waals surface area contributed by atoms with Crippen LogP contribution >= 0.6 is 11.6 Å². The minimum absolute atomic E-state index is 0.193. The van der Waals surface area contributed by atoms with Gasteiger partial charge in [-0.05, 0) is 49.8 Å². The second kappa shape index (κ2) is 11.6.